The Morgan fingerprint density at radius 2 is 2.07 bits per heavy atom. The Kier molecular flexibility index (Phi) is 5.94. The molecule has 0 aliphatic heterocycles. The summed E-state index contributed by atoms with van der Waals surface area (Å²) in [6.45, 7) is 4.07. The Labute approximate surface area is 187 Å². The van der Waals surface area contributed by atoms with Crippen molar-refractivity contribution in [2.75, 3.05) is 11.9 Å². The van der Waals surface area contributed by atoms with E-state index in [0.717, 1.165) is 16.8 Å². The normalized spacial score (nSPS) is 11.2. The average molecular weight is 461 g/mol. The Hall–Kier alpha value is -2.61. The van der Waals surface area contributed by atoms with E-state index >= 15 is 0 Å². The molecule has 4 aromatic rings. The number of thiazole rings is 1. The zero-order valence-electron chi connectivity index (χ0n) is 16.2. The largest absolute Gasteiger partial charge is 0.484 e. The molecule has 0 saturated heterocycles. The van der Waals surface area contributed by atoms with Crippen LogP contribution >= 0.6 is 34.5 Å². The summed E-state index contributed by atoms with van der Waals surface area (Å²) in [6.07, 6.45) is 0. The number of aromatic nitrogens is 3. The number of carbonyl (C=O) groups excluding carboxylic acids is 1. The van der Waals surface area contributed by atoms with E-state index < -0.39 is 0 Å². The Balaban J connectivity index is 1.46. The van der Waals surface area contributed by atoms with Gasteiger partial charge in [0.1, 0.15) is 5.75 Å². The molecule has 0 saturated carbocycles. The number of hydrogen-bond acceptors (Lipinski definition) is 5. The van der Waals surface area contributed by atoms with Gasteiger partial charge in [-0.25, -0.2) is 4.52 Å². The SMILES string of the molecule is CC(C)c1cccc(OCC(=O)Nc2nc3scc(-c4ccc(Cl)cc4Cl)n3n2)c1. The number of fused-ring (bicyclic) bond motifs is 1. The van der Waals surface area contributed by atoms with E-state index in [0.29, 0.717) is 26.7 Å². The van der Waals surface area contributed by atoms with Crippen LogP contribution in [0.4, 0.5) is 5.95 Å². The highest BCUT2D eigenvalue weighted by Gasteiger charge is 2.15. The predicted molar refractivity (Wildman–Crippen MR) is 121 cm³/mol. The molecule has 0 atom stereocenters. The number of nitrogens with zero attached hydrogens (tertiary/aromatic N) is 3. The first-order valence-electron chi connectivity index (χ1n) is 9.23. The fraction of sp³-hybridized carbons (Fsp3) is 0.190. The molecular formula is C21H18Cl2N4O2S. The first-order chi connectivity index (χ1) is 14.4. The van der Waals surface area contributed by atoms with E-state index in [1.807, 2.05) is 35.7 Å². The number of rotatable bonds is 6. The van der Waals surface area contributed by atoms with Gasteiger partial charge in [-0.05, 0) is 41.8 Å². The van der Waals surface area contributed by atoms with Gasteiger partial charge in [0.2, 0.25) is 4.96 Å². The molecule has 30 heavy (non-hydrogen) atoms. The molecule has 0 aliphatic carbocycles. The van der Waals surface area contributed by atoms with Gasteiger partial charge in [-0.3, -0.25) is 10.1 Å². The van der Waals surface area contributed by atoms with Crippen LogP contribution in [-0.4, -0.2) is 27.1 Å². The van der Waals surface area contributed by atoms with E-state index in [-0.39, 0.29) is 18.5 Å². The quantitative estimate of drug-likeness (QED) is 0.388. The van der Waals surface area contributed by atoms with Gasteiger partial charge in [0.05, 0.1) is 10.7 Å². The molecule has 0 aliphatic rings. The van der Waals surface area contributed by atoms with Gasteiger partial charge in [0.15, 0.2) is 6.61 Å². The third-order valence-electron chi connectivity index (χ3n) is 4.43. The summed E-state index contributed by atoms with van der Waals surface area (Å²) < 4.78 is 7.25. The number of benzene rings is 2. The molecule has 0 fully saturated rings. The first kappa shape index (κ1) is 20.7. The van der Waals surface area contributed by atoms with Crippen molar-refractivity contribution in [1.29, 1.82) is 0 Å². The minimum atomic E-state index is -0.339. The molecular weight excluding hydrogens is 443 g/mol. The van der Waals surface area contributed by atoms with Gasteiger partial charge >= 0.3 is 0 Å². The summed E-state index contributed by atoms with van der Waals surface area (Å²) in [7, 11) is 0. The molecule has 4 rings (SSSR count). The molecule has 2 heterocycles. The summed E-state index contributed by atoms with van der Waals surface area (Å²) in [4.78, 5) is 17.3. The zero-order chi connectivity index (χ0) is 21.3. The second kappa shape index (κ2) is 8.63. The molecule has 0 spiro atoms. The number of anilines is 1. The number of ether oxygens (including phenoxy) is 1. The number of amides is 1. The predicted octanol–water partition coefficient (Wildman–Crippen LogP) is 5.91. The van der Waals surface area contributed by atoms with Crippen LogP contribution in [0.25, 0.3) is 16.2 Å². The molecule has 0 unspecified atom stereocenters. The fourth-order valence-corrected chi connectivity index (χ4v) is 4.22. The van der Waals surface area contributed by atoms with Crippen LogP contribution in [0.15, 0.2) is 47.8 Å². The number of nitrogens with one attached hydrogen (secondary N) is 1. The number of carbonyl (C=O) groups is 1. The van der Waals surface area contributed by atoms with Crippen LogP contribution in [0, 0.1) is 0 Å². The topological polar surface area (TPSA) is 68.5 Å². The summed E-state index contributed by atoms with van der Waals surface area (Å²) >= 11 is 13.7. The van der Waals surface area contributed by atoms with Crippen molar-refractivity contribution in [2.45, 2.75) is 19.8 Å². The van der Waals surface area contributed by atoms with E-state index in [2.05, 4.69) is 29.2 Å². The molecule has 6 nitrogen and oxygen atoms in total. The lowest BCUT2D eigenvalue weighted by Gasteiger charge is -2.09. The minimum absolute atomic E-state index is 0.135. The van der Waals surface area contributed by atoms with Crippen molar-refractivity contribution in [3.05, 3.63) is 63.5 Å². The molecule has 0 radical (unpaired) electrons. The molecule has 9 heteroatoms. The van der Waals surface area contributed by atoms with E-state index in [1.54, 1.807) is 16.6 Å². The van der Waals surface area contributed by atoms with Crippen LogP contribution in [-0.2, 0) is 4.79 Å². The Bertz CT molecular complexity index is 1220. The maximum absolute atomic E-state index is 12.3. The highest BCUT2D eigenvalue weighted by molar-refractivity contribution is 7.15. The second-order valence-electron chi connectivity index (χ2n) is 6.94. The molecule has 154 valence electrons. The van der Waals surface area contributed by atoms with Crippen molar-refractivity contribution in [2.24, 2.45) is 0 Å². The monoisotopic (exact) mass is 460 g/mol. The third kappa shape index (κ3) is 4.43. The lowest BCUT2D eigenvalue weighted by Crippen LogP contribution is -2.21. The van der Waals surface area contributed by atoms with Crippen LogP contribution in [0.3, 0.4) is 0 Å². The average Bonchev–Trinajstić information content (AvgIpc) is 3.27. The van der Waals surface area contributed by atoms with Crippen molar-refractivity contribution in [1.82, 2.24) is 14.6 Å². The smallest absolute Gasteiger partial charge is 0.264 e. The van der Waals surface area contributed by atoms with Gasteiger partial charge in [-0.1, -0.05) is 49.2 Å². The highest BCUT2D eigenvalue weighted by Crippen LogP contribution is 2.33. The van der Waals surface area contributed by atoms with E-state index in [1.165, 1.54) is 11.3 Å². The Morgan fingerprint density at radius 1 is 1.23 bits per heavy atom. The van der Waals surface area contributed by atoms with Crippen molar-refractivity contribution in [3.8, 4) is 17.0 Å². The fourth-order valence-electron chi connectivity index (χ4n) is 2.89. The maximum atomic E-state index is 12.3. The Morgan fingerprint density at radius 3 is 2.83 bits per heavy atom. The summed E-state index contributed by atoms with van der Waals surface area (Å²) in [5, 5.41) is 10.0. The highest BCUT2D eigenvalue weighted by atomic mass is 35.5. The van der Waals surface area contributed by atoms with E-state index in [4.69, 9.17) is 27.9 Å². The zero-order valence-corrected chi connectivity index (χ0v) is 18.6. The number of hydrogen-bond donors (Lipinski definition) is 1. The second-order valence-corrected chi connectivity index (χ2v) is 8.62. The van der Waals surface area contributed by atoms with Gasteiger partial charge in [0, 0.05) is 16.0 Å². The lowest BCUT2D eigenvalue weighted by molar-refractivity contribution is -0.118. The third-order valence-corrected chi connectivity index (χ3v) is 5.80. The maximum Gasteiger partial charge on any atom is 0.264 e. The summed E-state index contributed by atoms with van der Waals surface area (Å²) in [5.74, 6) is 0.898. The summed E-state index contributed by atoms with van der Waals surface area (Å²) in [5.41, 5.74) is 2.70. The standard InChI is InChI=1S/C21H18Cl2N4O2S/c1-12(2)13-4-3-5-15(8-13)29-10-19(28)24-20-25-21-27(26-20)18(11-30-21)16-7-6-14(22)9-17(16)23/h3-9,11-12H,10H2,1-2H3,(H,24,26,28). The van der Waals surface area contributed by atoms with Crippen LogP contribution in [0.2, 0.25) is 10.0 Å². The molecule has 0 bridgehead atoms. The summed E-state index contributed by atoms with van der Waals surface area (Å²) in [6, 6.07) is 13.0. The van der Waals surface area contributed by atoms with Crippen molar-refractivity contribution < 1.29 is 9.53 Å². The van der Waals surface area contributed by atoms with Crippen LogP contribution < -0.4 is 10.1 Å². The molecule has 2 aromatic carbocycles. The van der Waals surface area contributed by atoms with Gasteiger partial charge in [0.25, 0.3) is 11.9 Å². The van der Waals surface area contributed by atoms with Gasteiger partial charge in [-0.2, -0.15) is 4.98 Å². The first-order valence-corrected chi connectivity index (χ1v) is 10.9. The van der Waals surface area contributed by atoms with Crippen molar-refractivity contribution >= 4 is 51.4 Å². The van der Waals surface area contributed by atoms with Gasteiger partial charge < -0.3 is 4.74 Å². The molecule has 1 N–H and O–H groups in total. The minimum Gasteiger partial charge on any atom is -0.484 e. The lowest BCUT2D eigenvalue weighted by atomic mass is 10.0. The molecule has 2 aromatic heterocycles. The van der Waals surface area contributed by atoms with E-state index in [9.17, 15) is 4.79 Å². The van der Waals surface area contributed by atoms with Crippen LogP contribution in [0.1, 0.15) is 25.3 Å². The number of halogens is 2. The van der Waals surface area contributed by atoms with Crippen molar-refractivity contribution in [3.63, 3.8) is 0 Å². The van der Waals surface area contributed by atoms with Gasteiger partial charge in [-0.15, -0.1) is 16.4 Å². The molecule has 1 amide bonds. The van der Waals surface area contributed by atoms with Crippen LogP contribution in [0.5, 0.6) is 5.75 Å².